The molecule has 0 aliphatic carbocycles. The zero-order valence-electron chi connectivity index (χ0n) is 32.4. The van der Waals surface area contributed by atoms with Crippen molar-refractivity contribution in [3.63, 3.8) is 0 Å². The molecular weight excluding hydrogens is 438 g/mol. The van der Waals surface area contributed by atoms with Gasteiger partial charge in [0.25, 0.3) is 0 Å². The summed E-state index contributed by atoms with van der Waals surface area (Å²) in [4.78, 5) is 0. The Morgan fingerprint density at radius 1 is 0.611 bits per heavy atom. The Balaban J connectivity index is 1.51. The van der Waals surface area contributed by atoms with E-state index < -0.39 is 72.5 Å². The van der Waals surface area contributed by atoms with Crippen molar-refractivity contribution in [1.82, 2.24) is 4.57 Å². The van der Waals surface area contributed by atoms with E-state index in [1.807, 2.05) is 0 Å². The molecule has 0 spiro atoms. The Kier molecular flexibility index (Phi) is 2.13. The summed E-state index contributed by atoms with van der Waals surface area (Å²) in [6, 6.07) is 5.23. The second-order valence-electron chi connectivity index (χ2n) is 8.32. The molecule has 168 valence electrons. The second kappa shape index (κ2) is 7.34. The van der Waals surface area contributed by atoms with Crippen LogP contribution in [-0.4, -0.2) is 4.57 Å². The molecule has 8 rings (SSSR count). The summed E-state index contributed by atoms with van der Waals surface area (Å²) in [5.41, 5.74) is 1.03. The van der Waals surface area contributed by atoms with E-state index in [1.54, 1.807) is 47.0 Å². The van der Waals surface area contributed by atoms with Gasteiger partial charge in [0.15, 0.2) is 0 Å². The first-order valence-corrected chi connectivity index (χ1v) is 11.1. The highest BCUT2D eigenvalue weighted by atomic mass is 16.5. The summed E-state index contributed by atoms with van der Waals surface area (Å²) in [7, 11) is 0. The number of hydrogen-bond acceptors (Lipinski definition) is 1. The average Bonchev–Trinajstić information content (AvgIpc) is 3.43. The van der Waals surface area contributed by atoms with Crippen molar-refractivity contribution < 1.29 is 23.9 Å². The lowest BCUT2D eigenvalue weighted by Gasteiger charge is -2.22. The van der Waals surface area contributed by atoms with E-state index in [1.165, 1.54) is 0 Å². The number of aromatic nitrogens is 1. The van der Waals surface area contributed by atoms with E-state index in [0.29, 0.717) is 27.4 Å². The standard InChI is InChI=1S/C34H21NO/c1-2-10-25(11-3-1)35-30-14-6-4-12-26(30)28-20-22(17-18-31(28)35)24-19-23-9-8-16-33-34(23)29(21-24)27-13-5-7-15-32(27)36-33/h1-21H/i1D,2D,3D,5D,7D,8D,9D,10D,11D,13D,15D,16D,19D,21D. The van der Waals surface area contributed by atoms with Crippen LogP contribution in [0.5, 0.6) is 11.5 Å². The SMILES string of the molecule is [2H]c1c([2H])c([2H])c(-n2c3ccccc3c3cc(-c4c([2H])c5c6c(c([2H])c([2H])c([2H])c6c4[2H])Oc4c([2H])c([2H])c([2H])c([2H])c4-5)ccc32)c([2H])c1[2H]. The van der Waals surface area contributed by atoms with Crippen LogP contribution in [0, 0.1) is 0 Å². The molecule has 0 saturated heterocycles. The fraction of sp³-hybridized carbons (Fsp3) is 0. The molecule has 0 bridgehead atoms. The predicted octanol–water partition coefficient (Wildman–Crippen LogP) is 9.38. The lowest BCUT2D eigenvalue weighted by Crippen LogP contribution is -1.97. The highest BCUT2D eigenvalue weighted by Gasteiger charge is 2.21. The second-order valence-corrected chi connectivity index (χ2v) is 8.32. The molecule has 1 aromatic heterocycles. The van der Waals surface area contributed by atoms with E-state index in [0.717, 1.165) is 0 Å². The van der Waals surface area contributed by atoms with Crippen LogP contribution >= 0.6 is 0 Å². The predicted molar refractivity (Wildman–Crippen MR) is 149 cm³/mol. The van der Waals surface area contributed by atoms with Gasteiger partial charge in [0, 0.05) is 27.4 Å². The van der Waals surface area contributed by atoms with Crippen LogP contribution in [-0.2, 0) is 0 Å². The van der Waals surface area contributed by atoms with Crippen LogP contribution in [0.15, 0.2) is 127 Å². The van der Waals surface area contributed by atoms with Crippen LogP contribution in [0.2, 0.25) is 0 Å². The molecule has 7 aromatic rings. The van der Waals surface area contributed by atoms with E-state index in [4.69, 9.17) is 21.2 Å². The summed E-state index contributed by atoms with van der Waals surface area (Å²) in [6.07, 6.45) is 0. The average molecular weight is 474 g/mol. The Bertz CT molecular complexity index is 2710. The number of benzene rings is 6. The summed E-state index contributed by atoms with van der Waals surface area (Å²) in [5.74, 6) is -0.607. The maximum absolute atomic E-state index is 9.48. The third-order valence-corrected chi connectivity index (χ3v) is 6.37. The first-order chi connectivity index (χ1) is 23.7. The monoisotopic (exact) mass is 473 g/mol. The van der Waals surface area contributed by atoms with Gasteiger partial charge in [-0.1, -0.05) is 72.6 Å². The number of hydrogen-bond donors (Lipinski definition) is 0. The van der Waals surface area contributed by atoms with Crippen molar-refractivity contribution in [2.24, 2.45) is 0 Å². The van der Waals surface area contributed by atoms with Crippen molar-refractivity contribution in [1.29, 1.82) is 0 Å². The van der Waals surface area contributed by atoms with Crippen LogP contribution < -0.4 is 4.74 Å². The van der Waals surface area contributed by atoms with E-state index >= 15 is 0 Å². The molecule has 0 N–H and O–H groups in total. The largest absolute Gasteiger partial charge is 0.456 e. The van der Waals surface area contributed by atoms with Crippen LogP contribution in [0.3, 0.4) is 0 Å². The molecule has 36 heavy (non-hydrogen) atoms. The maximum Gasteiger partial charge on any atom is 0.135 e. The number of para-hydroxylation sites is 3. The van der Waals surface area contributed by atoms with Crippen LogP contribution in [0.4, 0.5) is 0 Å². The van der Waals surface area contributed by atoms with Gasteiger partial charge in [-0.2, -0.15) is 0 Å². The molecule has 0 fully saturated rings. The maximum atomic E-state index is 9.48. The molecule has 2 heterocycles. The van der Waals surface area contributed by atoms with Crippen molar-refractivity contribution in [2.75, 3.05) is 0 Å². The minimum Gasteiger partial charge on any atom is -0.456 e. The van der Waals surface area contributed by atoms with E-state index in [9.17, 15) is 2.74 Å². The summed E-state index contributed by atoms with van der Waals surface area (Å²) in [5, 5.41) is 1.03. The quantitative estimate of drug-likeness (QED) is 0.244. The first kappa shape index (κ1) is 10.4. The molecule has 0 unspecified atom stereocenters. The minimum atomic E-state index is -0.590. The lowest BCUT2D eigenvalue weighted by atomic mass is 9.90. The van der Waals surface area contributed by atoms with Crippen LogP contribution in [0.25, 0.3) is 60.5 Å². The minimum absolute atomic E-state index is 0.00844. The normalized spacial score (nSPS) is 17.6. The third-order valence-electron chi connectivity index (χ3n) is 6.37. The van der Waals surface area contributed by atoms with Gasteiger partial charge in [-0.25, -0.2) is 0 Å². The van der Waals surface area contributed by atoms with E-state index in [-0.39, 0.29) is 56.7 Å². The van der Waals surface area contributed by atoms with Gasteiger partial charge in [-0.05, 0) is 76.5 Å². The van der Waals surface area contributed by atoms with Gasteiger partial charge in [0.05, 0.1) is 30.2 Å². The molecule has 0 radical (unpaired) electrons. The summed E-state index contributed by atoms with van der Waals surface area (Å²) >= 11 is 0. The smallest absolute Gasteiger partial charge is 0.135 e. The summed E-state index contributed by atoms with van der Waals surface area (Å²) < 4.78 is 128. The Morgan fingerprint density at radius 3 is 2.36 bits per heavy atom. The van der Waals surface area contributed by atoms with Gasteiger partial charge >= 0.3 is 0 Å². The number of ether oxygens (including phenoxy) is 1. The van der Waals surface area contributed by atoms with Gasteiger partial charge in [0.2, 0.25) is 0 Å². The number of nitrogens with zero attached hydrogens (tertiary/aromatic N) is 1. The number of rotatable bonds is 2. The Morgan fingerprint density at radius 2 is 1.42 bits per heavy atom. The zero-order chi connectivity index (χ0) is 35.8. The van der Waals surface area contributed by atoms with Gasteiger partial charge < -0.3 is 9.30 Å². The molecular formula is C34H21NO. The highest BCUT2D eigenvalue weighted by molar-refractivity contribution is 6.11. The van der Waals surface area contributed by atoms with Crippen molar-refractivity contribution >= 4 is 32.6 Å². The lowest BCUT2D eigenvalue weighted by molar-refractivity contribution is 0.487. The highest BCUT2D eigenvalue weighted by Crippen LogP contribution is 2.48. The van der Waals surface area contributed by atoms with Gasteiger partial charge in [0.1, 0.15) is 11.5 Å². The number of fused-ring (bicyclic) bond motifs is 5. The molecule has 2 heteroatoms. The zero-order valence-corrected chi connectivity index (χ0v) is 18.4. The fourth-order valence-corrected chi connectivity index (χ4v) is 4.85. The molecule has 1 aliphatic rings. The molecule has 0 saturated carbocycles. The van der Waals surface area contributed by atoms with Crippen molar-refractivity contribution in [3.8, 4) is 39.4 Å². The van der Waals surface area contributed by atoms with Gasteiger partial charge in [-0.3, -0.25) is 0 Å². The molecule has 2 nitrogen and oxygen atoms in total. The van der Waals surface area contributed by atoms with Crippen molar-refractivity contribution in [2.45, 2.75) is 0 Å². The third kappa shape index (κ3) is 2.73. The van der Waals surface area contributed by atoms with Crippen LogP contribution in [0.1, 0.15) is 19.2 Å². The first-order valence-electron chi connectivity index (χ1n) is 18.1. The van der Waals surface area contributed by atoms with E-state index in [2.05, 4.69) is 0 Å². The molecule has 1 aliphatic heterocycles. The molecule has 6 aromatic carbocycles. The Labute approximate surface area is 228 Å². The van der Waals surface area contributed by atoms with Gasteiger partial charge in [-0.15, -0.1) is 0 Å². The Hall–Kier alpha value is -4.82. The summed E-state index contributed by atoms with van der Waals surface area (Å²) in [6.45, 7) is 0. The fourth-order valence-electron chi connectivity index (χ4n) is 4.85. The van der Waals surface area contributed by atoms with Crippen molar-refractivity contribution in [3.05, 3.63) is 127 Å². The molecule has 0 amide bonds. The topological polar surface area (TPSA) is 14.2 Å². The molecule has 0 atom stereocenters.